The van der Waals surface area contributed by atoms with Crippen LogP contribution in [0.15, 0.2) is 66.2 Å². The third-order valence-electron chi connectivity index (χ3n) is 15.9. The summed E-state index contributed by atoms with van der Waals surface area (Å²) in [6, 6.07) is 11.9. The van der Waals surface area contributed by atoms with Crippen molar-refractivity contribution < 1.29 is 28.0 Å². The molecule has 0 saturated carbocycles. The standard InChI is InChI=1S/C35H56F2N10O2.C24H34N4O2S/c1-4-45(31-20-29(36)27(19-30(31)37)23-44-14-9-34(2,3)10-15-44)25-35(49-40)11-16-46(17-12-35)33-21-32(42-26-43-33)41-22-28(38)24-47(39)13-7-5-6-8-18-48;1-15(17-9-11-18(12-10-17)20-16(2)26-14-31-20)27-22(29)19-8-7-13-28(19)23(30)21(25-6)24(3,4)5/h18-21,24,26H,4-17,22-23,25,38-40H2,1-3H3,(H,41,42,43);9-12,14-15,19,21,25H,7-8,13H2,1-6H3,(H,27,29)/b28-24-;. The van der Waals surface area contributed by atoms with Crippen LogP contribution in [0.1, 0.15) is 136 Å². The first-order valence-corrected chi connectivity index (χ1v) is 29.3. The molecule has 18 nitrogen and oxygen atoms in total. The first-order valence-electron chi connectivity index (χ1n) is 28.4. The van der Waals surface area contributed by atoms with Gasteiger partial charge in [-0.3, -0.25) is 19.3 Å². The highest BCUT2D eigenvalue weighted by molar-refractivity contribution is 7.13. The number of hydrogen-bond donors (Lipinski definition) is 6. The first kappa shape index (κ1) is 63.3. The number of hydrazine groups is 1. The second-order valence-corrected chi connectivity index (χ2v) is 24.5. The predicted octanol–water partition coefficient (Wildman–Crippen LogP) is 8.20. The molecule has 440 valence electrons. The highest BCUT2D eigenvalue weighted by Crippen LogP contribution is 2.35. The Kier molecular flexibility index (Phi) is 23.1. The fraction of sp³-hybridized carbons (Fsp3) is 0.593. The van der Waals surface area contributed by atoms with Gasteiger partial charge in [0.2, 0.25) is 11.8 Å². The van der Waals surface area contributed by atoms with E-state index in [1.54, 1.807) is 34.5 Å². The minimum atomic E-state index is -0.745. The van der Waals surface area contributed by atoms with E-state index < -0.39 is 23.3 Å². The molecule has 3 aliphatic heterocycles. The fourth-order valence-corrected chi connectivity index (χ4v) is 11.6. The van der Waals surface area contributed by atoms with Crippen molar-refractivity contribution in [2.45, 2.75) is 150 Å². The molecule has 5 heterocycles. The summed E-state index contributed by atoms with van der Waals surface area (Å²) >= 11 is 1.63. The van der Waals surface area contributed by atoms with Crippen LogP contribution in [0.4, 0.5) is 26.1 Å². The summed E-state index contributed by atoms with van der Waals surface area (Å²) in [5.74, 6) is 12.4. The number of unbranched alkanes of at least 4 members (excludes halogenated alkanes) is 3. The second-order valence-electron chi connectivity index (χ2n) is 23.6. The lowest BCUT2D eigenvalue weighted by atomic mass is 9.82. The van der Waals surface area contributed by atoms with Crippen LogP contribution >= 0.6 is 11.3 Å². The van der Waals surface area contributed by atoms with Crippen LogP contribution in [-0.2, 0) is 25.8 Å². The summed E-state index contributed by atoms with van der Waals surface area (Å²) < 4.78 is 30.9. The summed E-state index contributed by atoms with van der Waals surface area (Å²) in [4.78, 5) is 64.4. The van der Waals surface area contributed by atoms with Crippen LogP contribution in [0.2, 0.25) is 0 Å². The topological polar surface area (TPSA) is 229 Å². The van der Waals surface area contributed by atoms with Gasteiger partial charge in [-0.05, 0) is 120 Å². The number of nitrogens with two attached hydrogens (primary N) is 3. The molecule has 0 spiro atoms. The number of benzene rings is 2. The van der Waals surface area contributed by atoms with Crippen LogP contribution in [0.25, 0.3) is 10.4 Å². The van der Waals surface area contributed by atoms with Crippen molar-refractivity contribution >= 4 is 46.8 Å². The van der Waals surface area contributed by atoms with E-state index in [-0.39, 0.29) is 35.0 Å². The Labute approximate surface area is 477 Å². The molecule has 2 amide bonds. The molecule has 80 heavy (non-hydrogen) atoms. The molecule has 0 bridgehead atoms. The number of amides is 2. The van der Waals surface area contributed by atoms with Crippen LogP contribution in [0.5, 0.6) is 0 Å². The van der Waals surface area contributed by atoms with Crippen molar-refractivity contribution in [1.82, 2.24) is 40.4 Å². The van der Waals surface area contributed by atoms with Crippen molar-refractivity contribution in [3.63, 3.8) is 0 Å². The van der Waals surface area contributed by atoms with E-state index in [0.29, 0.717) is 101 Å². The van der Waals surface area contributed by atoms with Gasteiger partial charge in [0.05, 0.1) is 40.4 Å². The summed E-state index contributed by atoms with van der Waals surface area (Å²) in [6.07, 6.45) is 12.1. The maximum absolute atomic E-state index is 15.6. The second kappa shape index (κ2) is 29.2. The minimum Gasteiger partial charge on any atom is -0.399 e. The molecular weight excluding hydrogens is 1040 g/mol. The number of aryl methyl sites for hydroxylation is 1. The molecule has 9 N–H and O–H groups in total. The largest absolute Gasteiger partial charge is 0.399 e. The van der Waals surface area contributed by atoms with E-state index >= 15 is 8.78 Å². The van der Waals surface area contributed by atoms with Crippen LogP contribution in [-0.4, -0.2) is 131 Å². The van der Waals surface area contributed by atoms with Crippen molar-refractivity contribution in [2.75, 3.05) is 81.1 Å². The van der Waals surface area contributed by atoms with Crippen molar-refractivity contribution in [3.8, 4) is 10.4 Å². The molecule has 2 aromatic carbocycles. The summed E-state index contributed by atoms with van der Waals surface area (Å²) in [6.45, 7) is 22.3. The van der Waals surface area contributed by atoms with Gasteiger partial charge in [0.15, 0.2) is 0 Å². The number of nitrogens with zero attached hydrogens (tertiary/aromatic N) is 8. The molecule has 3 unspecified atom stereocenters. The number of rotatable bonds is 24. The quantitative estimate of drug-likeness (QED) is 0.0168. The Bertz CT molecular complexity index is 2650. The number of aromatic nitrogens is 3. The number of piperidine rings is 2. The van der Waals surface area contributed by atoms with Gasteiger partial charge in [0.1, 0.15) is 47.5 Å². The van der Waals surface area contributed by atoms with Gasteiger partial charge >= 0.3 is 0 Å². The number of halogens is 2. The minimum absolute atomic E-state index is 0.00424. The third-order valence-corrected chi connectivity index (χ3v) is 16.9. The number of carbonyl (C=O) groups is 3. The zero-order valence-electron chi connectivity index (χ0n) is 48.8. The lowest BCUT2D eigenvalue weighted by Gasteiger charge is -2.43. The number of aldehydes is 1. The average molecular weight is 1130 g/mol. The third kappa shape index (κ3) is 17.6. The Balaban J connectivity index is 0.000000285. The van der Waals surface area contributed by atoms with Crippen LogP contribution in [0.3, 0.4) is 0 Å². The van der Waals surface area contributed by atoms with Gasteiger partial charge in [-0.15, -0.1) is 11.3 Å². The van der Waals surface area contributed by atoms with Gasteiger partial charge in [-0.25, -0.2) is 35.5 Å². The van der Waals surface area contributed by atoms with E-state index in [2.05, 4.69) is 66.7 Å². The normalized spacial score (nSPS) is 18.2. The Morgan fingerprint density at radius 1 is 0.975 bits per heavy atom. The lowest BCUT2D eigenvalue weighted by Crippen LogP contribution is -2.55. The zero-order valence-corrected chi connectivity index (χ0v) is 49.6. The first-order chi connectivity index (χ1) is 38.1. The van der Waals surface area contributed by atoms with Gasteiger partial charge < -0.3 is 46.2 Å². The van der Waals surface area contributed by atoms with E-state index in [1.807, 2.05) is 70.2 Å². The SMILES string of the molecule is CCN(CC1(ON)CCN(c2cc(NC/C(N)=C/N(N)CCCCCC=O)ncn2)CC1)c1cc(F)c(CN2CCC(C)(C)CC2)cc1F.CNC(C(=O)N1CCCC1C(=O)NC(C)c1ccc(-c2scnc2C)cc1)C(C)(C)C. The number of nitrogens with one attached hydrogen (secondary N) is 3. The van der Waals surface area contributed by atoms with E-state index in [4.69, 9.17) is 22.3 Å². The molecular formula is C59H90F2N14O4S. The Morgan fingerprint density at radius 3 is 2.31 bits per heavy atom. The molecule has 4 aromatic rings. The van der Waals surface area contributed by atoms with Crippen molar-refractivity contribution in [1.29, 1.82) is 0 Å². The highest BCUT2D eigenvalue weighted by Gasteiger charge is 2.41. The molecule has 2 aromatic heterocycles. The van der Waals surface area contributed by atoms with Gasteiger partial charge in [-0.1, -0.05) is 65.3 Å². The van der Waals surface area contributed by atoms with E-state index in [0.717, 1.165) is 80.5 Å². The molecule has 3 fully saturated rings. The number of anilines is 3. The molecule has 3 aliphatic rings. The molecule has 3 atom stereocenters. The molecule has 3 saturated heterocycles. The lowest BCUT2D eigenvalue weighted by molar-refractivity contribution is -0.142. The summed E-state index contributed by atoms with van der Waals surface area (Å²) in [5.41, 5.74) is 11.7. The van der Waals surface area contributed by atoms with E-state index in [1.165, 1.54) is 23.3 Å². The van der Waals surface area contributed by atoms with Crippen LogP contribution in [0, 0.1) is 29.4 Å². The molecule has 21 heteroatoms. The van der Waals surface area contributed by atoms with Crippen molar-refractivity contribution in [3.05, 3.63) is 94.7 Å². The number of thiazole rings is 1. The number of hydrogen-bond acceptors (Lipinski definition) is 17. The monoisotopic (exact) mass is 1130 g/mol. The maximum atomic E-state index is 15.6. The Hall–Kier alpha value is -5.84. The van der Waals surface area contributed by atoms with Gasteiger partial charge in [0.25, 0.3) is 0 Å². The zero-order chi connectivity index (χ0) is 58.2. The smallest absolute Gasteiger partial charge is 0.243 e. The van der Waals surface area contributed by atoms with Crippen molar-refractivity contribution in [2.24, 2.45) is 28.3 Å². The van der Waals surface area contributed by atoms with Gasteiger partial charge in [-0.2, -0.15) is 0 Å². The average Bonchev–Trinajstić information content (AvgIpc) is 4.18. The number of likely N-dealkylation sites (tertiary alicyclic amines) is 2. The summed E-state index contributed by atoms with van der Waals surface area (Å²) in [5, 5.41) is 11.0. The molecule has 0 aliphatic carbocycles. The highest BCUT2D eigenvalue weighted by atomic mass is 32.1. The fourth-order valence-electron chi connectivity index (χ4n) is 10.8. The van der Waals surface area contributed by atoms with E-state index in [9.17, 15) is 14.4 Å². The molecule has 0 radical (unpaired) electrons. The number of likely N-dealkylation sites (N-methyl/N-ethyl adjacent to an activating group) is 2. The molecule has 7 rings (SSSR count). The summed E-state index contributed by atoms with van der Waals surface area (Å²) in [7, 11) is 1.80. The maximum Gasteiger partial charge on any atom is 0.243 e. The van der Waals surface area contributed by atoms with Gasteiger partial charge in [0, 0.05) is 81.8 Å². The van der Waals surface area contributed by atoms with Crippen LogP contribution < -0.4 is 43.2 Å². The Morgan fingerprint density at radius 2 is 1.69 bits per heavy atom. The number of carbonyl (C=O) groups excluding carboxylic acids is 3. The predicted molar refractivity (Wildman–Crippen MR) is 316 cm³/mol.